The monoisotopic (exact) mass is 361 g/mol. The number of anilines is 1. The fourth-order valence-corrected chi connectivity index (χ4v) is 2.10. The van der Waals surface area contributed by atoms with Gasteiger partial charge in [0.2, 0.25) is 0 Å². The minimum Gasteiger partial charge on any atom is -0.382 e. The first-order valence-electron chi connectivity index (χ1n) is 6.68. The van der Waals surface area contributed by atoms with Crippen LogP contribution < -0.4 is 5.32 Å². The lowest BCUT2D eigenvalue weighted by atomic mass is 10.2. The molecule has 0 aliphatic carbocycles. The van der Waals surface area contributed by atoms with E-state index < -0.39 is 4.92 Å². The van der Waals surface area contributed by atoms with Crippen molar-refractivity contribution in [1.82, 2.24) is 4.98 Å². The van der Waals surface area contributed by atoms with Gasteiger partial charge in [-0.25, -0.2) is 4.98 Å². The number of hydrogen-bond donors (Lipinski definition) is 1. The average molecular weight is 362 g/mol. The van der Waals surface area contributed by atoms with E-state index in [-0.39, 0.29) is 5.69 Å². The lowest BCUT2D eigenvalue weighted by Crippen LogP contribution is -2.08. The Morgan fingerprint density at radius 3 is 2.81 bits per heavy atom. The van der Waals surface area contributed by atoms with Gasteiger partial charge in [-0.1, -0.05) is 0 Å². The molecule has 0 aromatic carbocycles. The van der Waals surface area contributed by atoms with Gasteiger partial charge in [-0.05, 0) is 35.7 Å². The maximum Gasteiger partial charge on any atom is 0.291 e. The average Bonchev–Trinajstić information content (AvgIpc) is 2.45. The van der Waals surface area contributed by atoms with Crippen molar-refractivity contribution in [2.75, 3.05) is 38.8 Å². The van der Waals surface area contributed by atoms with E-state index in [1.165, 1.54) is 6.20 Å². The molecule has 0 radical (unpaired) electrons. The summed E-state index contributed by atoms with van der Waals surface area (Å²) in [5.74, 6) is 0.624. The molecule has 21 heavy (non-hydrogen) atoms. The van der Waals surface area contributed by atoms with Crippen LogP contribution in [0, 0.1) is 17.0 Å². The standard InChI is InChI=1S/C13H20BrN3O4/c1-10-11(17(18)19)9-16-13(12(10)14)15-5-3-4-6-21-8-7-20-2/h9H,3-8H2,1-2H3,(H,15,16). The molecule has 118 valence electrons. The Morgan fingerprint density at radius 2 is 2.14 bits per heavy atom. The van der Waals surface area contributed by atoms with Crippen LogP contribution in [-0.4, -0.2) is 43.4 Å². The summed E-state index contributed by atoms with van der Waals surface area (Å²) in [6.45, 7) is 4.34. The van der Waals surface area contributed by atoms with Crippen LogP contribution in [0.5, 0.6) is 0 Å². The number of pyridine rings is 1. The van der Waals surface area contributed by atoms with Crippen molar-refractivity contribution < 1.29 is 14.4 Å². The third-order valence-corrected chi connectivity index (χ3v) is 3.84. The van der Waals surface area contributed by atoms with Crippen molar-refractivity contribution in [3.05, 3.63) is 26.3 Å². The molecule has 0 amide bonds. The molecule has 0 aliphatic heterocycles. The molecule has 7 nitrogen and oxygen atoms in total. The summed E-state index contributed by atoms with van der Waals surface area (Å²) in [5, 5.41) is 14.0. The first-order chi connectivity index (χ1) is 10.1. The zero-order valence-electron chi connectivity index (χ0n) is 12.2. The van der Waals surface area contributed by atoms with Gasteiger partial charge in [-0.3, -0.25) is 10.1 Å². The number of aromatic nitrogens is 1. The zero-order chi connectivity index (χ0) is 15.7. The number of methoxy groups -OCH3 is 1. The van der Waals surface area contributed by atoms with E-state index in [0.717, 1.165) is 19.4 Å². The zero-order valence-corrected chi connectivity index (χ0v) is 13.8. The second-order valence-corrected chi connectivity index (χ2v) is 5.22. The van der Waals surface area contributed by atoms with Crippen molar-refractivity contribution in [2.24, 2.45) is 0 Å². The highest BCUT2D eigenvalue weighted by atomic mass is 79.9. The summed E-state index contributed by atoms with van der Waals surface area (Å²) < 4.78 is 10.9. The van der Waals surface area contributed by atoms with E-state index in [0.29, 0.717) is 35.7 Å². The lowest BCUT2D eigenvalue weighted by Gasteiger charge is -2.09. The third kappa shape index (κ3) is 5.94. The number of rotatable bonds is 10. The SMILES string of the molecule is COCCOCCCCNc1ncc([N+](=O)[O-])c(C)c1Br. The topological polar surface area (TPSA) is 86.5 Å². The fraction of sp³-hybridized carbons (Fsp3) is 0.615. The van der Waals surface area contributed by atoms with Crippen LogP contribution in [-0.2, 0) is 9.47 Å². The van der Waals surface area contributed by atoms with E-state index in [2.05, 4.69) is 26.2 Å². The predicted molar refractivity (Wildman–Crippen MR) is 83.7 cm³/mol. The van der Waals surface area contributed by atoms with Gasteiger partial charge in [0, 0.05) is 25.8 Å². The van der Waals surface area contributed by atoms with Crippen molar-refractivity contribution in [3.8, 4) is 0 Å². The second kappa shape index (κ2) is 9.64. The third-order valence-electron chi connectivity index (χ3n) is 2.87. The summed E-state index contributed by atoms with van der Waals surface area (Å²) in [4.78, 5) is 14.4. The first kappa shape index (κ1) is 17.8. The Kier molecular flexibility index (Phi) is 8.17. The molecule has 1 heterocycles. The van der Waals surface area contributed by atoms with Gasteiger partial charge in [0.25, 0.3) is 5.69 Å². The predicted octanol–water partition coefficient (Wildman–Crippen LogP) is 2.92. The highest BCUT2D eigenvalue weighted by Gasteiger charge is 2.16. The van der Waals surface area contributed by atoms with Gasteiger partial charge in [0.05, 0.1) is 22.6 Å². The number of nitro groups is 1. The quantitative estimate of drug-likeness (QED) is 0.391. The number of hydrogen-bond acceptors (Lipinski definition) is 6. The highest BCUT2D eigenvalue weighted by Crippen LogP contribution is 2.30. The summed E-state index contributed by atoms with van der Waals surface area (Å²) in [6.07, 6.45) is 3.13. The first-order valence-corrected chi connectivity index (χ1v) is 7.47. The molecule has 0 saturated heterocycles. The van der Waals surface area contributed by atoms with Crippen LogP contribution in [0.3, 0.4) is 0 Å². The van der Waals surface area contributed by atoms with Crippen LogP contribution in [0.2, 0.25) is 0 Å². The number of nitrogens with one attached hydrogen (secondary N) is 1. The number of halogens is 1. The molecule has 0 atom stereocenters. The Balaban J connectivity index is 2.33. The van der Waals surface area contributed by atoms with Gasteiger partial charge in [0.15, 0.2) is 0 Å². The van der Waals surface area contributed by atoms with E-state index in [1.54, 1.807) is 14.0 Å². The Morgan fingerprint density at radius 1 is 1.38 bits per heavy atom. The van der Waals surface area contributed by atoms with E-state index in [1.807, 2.05) is 0 Å². The summed E-state index contributed by atoms with van der Waals surface area (Å²) in [7, 11) is 1.64. The second-order valence-electron chi connectivity index (χ2n) is 4.43. The fourth-order valence-electron chi connectivity index (χ4n) is 1.66. The minimum absolute atomic E-state index is 0.0129. The molecule has 1 aromatic heterocycles. The van der Waals surface area contributed by atoms with Crippen LogP contribution in [0.1, 0.15) is 18.4 Å². The molecule has 0 unspecified atom stereocenters. The molecular weight excluding hydrogens is 342 g/mol. The largest absolute Gasteiger partial charge is 0.382 e. The maximum atomic E-state index is 10.8. The van der Waals surface area contributed by atoms with Crippen molar-refractivity contribution in [2.45, 2.75) is 19.8 Å². The highest BCUT2D eigenvalue weighted by molar-refractivity contribution is 9.10. The molecule has 1 N–H and O–H groups in total. The Labute approximate surface area is 132 Å². The van der Waals surface area contributed by atoms with Gasteiger partial charge < -0.3 is 14.8 Å². The summed E-state index contributed by atoms with van der Waals surface area (Å²) in [6, 6.07) is 0. The molecule has 1 aromatic rings. The van der Waals surface area contributed by atoms with Crippen LogP contribution in [0.25, 0.3) is 0 Å². The molecule has 0 aliphatic rings. The van der Waals surface area contributed by atoms with Crippen LogP contribution in [0.4, 0.5) is 11.5 Å². The van der Waals surface area contributed by atoms with Crippen molar-refractivity contribution in [3.63, 3.8) is 0 Å². The van der Waals surface area contributed by atoms with Gasteiger partial charge in [-0.2, -0.15) is 0 Å². The van der Waals surface area contributed by atoms with Crippen LogP contribution >= 0.6 is 15.9 Å². The van der Waals surface area contributed by atoms with E-state index >= 15 is 0 Å². The molecule has 0 bridgehead atoms. The molecule has 0 saturated carbocycles. The number of nitrogens with zero attached hydrogens (tertiary/aromatic N) is 2. The Hall–Kier alpha value is -1.25. The van der Waals surface area contributed by atoms with Gasteiger partial charge >= 0.3 is 0 Å². The van der Waals surface area contributed by atoms with Crippen LogP contribution in [0.15, 0.2) is 10.7 Å². The Bertz CT molecular complexity index is 471. The number of unbranched alkanes of at least 4 members (excludes halogenated alkanes) is 1. The lowest BCUT2D eigenvalue weighted by molar-refractivity contribution is -0.385. The molecule has 1 rings (SSSR count). The molecule has 0 spiro atoms. The molecule has 0 fully saturated rings. The van der Waals surface area contributed by atoms with Crippen molar-refractivity contribution in [1.29, 1.82) is 0 Å². The van der Waals surface area contributed by atoms with E-state index in [4.69, 9.17) is 9.47 Å². The summed E-state index contributed by atoms with van der Waals surface area (Å²) in [5.41, 5.74) is 0.583. The maximum absolute atomic E-state index is 10.8. The normalized spacial score (nSPS) is 10.6. The molecular formula is C13H20BrN3O4. The summed E-state index contributed by atoms with van der Waals surface area (Å²) >= 11 is 3.34. The van der Waals surface area contributed by atoms with E-state index in [9.17, 15) is 10.1 Å². The minimum atomic E-state index is -0.436. The van der Waals surface area contributed by atoms with Gasteiger partial charge in [-0.15, -0.1) is 0 Å². The van der Waals surface area contributed by atoms with Crippen molar-refractivity contribution >= 4 is 27.4 Å². The molecule has 8 heteroatoms. The van der Waals surface area contributed by atoms with Gasteiger partial charge in [0.1, 0.15) is 12.0 Å². The number of ether oxygens (including phenoxy) is 2. The smallest absolute Gasteiger partial charge is 0.291 e.